The molecule has 0 aliphatic rings. The largest absolute Gasteiger partial charge is 0.482 e. The third-order valence-electron chi connectivity index (χ3n) is 2.97. The van der Waals surface area contributed by atoms with Crippen LogP contribution in [0.15, 0.2) is 29.2 Å². The van der Waals surface area contributed by atoms with Crippen molar-refractivity contribution >= 4 is 11.6 Å². The third kappa shape index (κ3) is 4.18. The normalized spacial score (nSPS) is 11.2. The minimum atomic E-state index is -0.946. The molecule has 5 nitrogen and oxygen atoms in total. The number of benzene rings is 1. The van der Waals surface area contributed by atoms with E-state index in [1.54, 1.807) is 27.7 Å². The lowest BCUT2D eigenvalue weighted by Gasteiger charge is -2.22. The Morgan fingerprint density at radius 1 is 1.17 bits per heavy atom. The van der Waals surface area contributed by atoms with Crippen LogP contribution < -0.4 is 15.5 Å². The number of carbonyl (C=O) groups excluding carboxylic acids is 1. The number of aryl methyl sites for hydroxylation is 1. The molecule has 0 saturated heterocycles. The van der Waals surface area contributed by atoms with Crippen LogP contribution in [0.3, 0.4) is 0 Å². The molecule has 24 heavy (non-hydrogen) atoms. The van der Waals surface area contributed by atoms with E-state index in [0.717, 1.165) is 12.1 Å². The fraction of sp³-hybridized carbons (Fsp3) is 0.294. The number of hydrogen-bond acceptors (Lipinski definition) is 3. The molecule has 0 bridgehead atoms. The van der Waals surface area contributed by atoms with Crippen LogP contribution >= 0.6 is 0 Å². The standard InChI is InChI=1S/C17H18F2N2O3/c1-9-5-14(22)11(8-20-9)16(23)21-10-6-12(18)15(13(19)7-10)24-17(2,3)4/h5-8H,1-4H3,(H,20,22)(H,21,23). The van der Waals surface area contributed by atoms with E-state index in [9.17, 15) is 18.4 Å². The SMILES string of the molecule is Cc1cc(=O)c(C(=O)Nc2cc(F)c(OC(C)(C)C)c(F)c2)c[nH]1. The molecule has 2 N–H and O–H groups in total. The Balaban J connectivity index is 2.27. The van der Waals surface area contributed by atoms with Gasteiger partial charge in [0, 0.05) is 35.8 Å². The van der Waals surface area contributed by atoms with Gasteiger partial charge in [-0.15, -0.1) is 0 Å². The summed E-state index contributed by atoms with van der Waals surface area (Å²) in [4.78, 5) is 26.6. The van der Waals surface area contributed by atoms with Crippen molar-refractivity contribution in [3.8, 4) is 5.75 Å². The lowest BCUT2D eigenvalue weighted by atomic mass is 10.2. The first-order chi connectivity index (χ1) is 11.1. The predicted molar refractivity (Wildman–Crippen MR) is 86.5 cm³/mol. The number of H-pyrrole nitrogens is 1. The van der Waals surface area contributed by atoms with Gasteiger partial charge in [0.25, 0.3) is 5.91 Å². The van der Waals surface area contributed by atoms with Gasteiger partial charge in [0.05, 0.1) is 0 Å². The van der Waals surface area contributed by atoms with Gasteiger partial charge in [0.15, 0.2) is 22.8 Å². The van der Waals surface area contributed by atoms with Gasteiger partial charge in [-0.3, -0.25) is 9.59 Å². The fourth-order valence-electron chi connectivity index (χ4n) is 1.98. The molecule has 1 heterocycles. The van der Waals surface area contributed by atoms with E-state index in [2.05, 4.69) is 10.3 Å². The maximum Gasteiger partial charge on any atom is 0.261 e. The lowest BCUT2D eigenvalue weighted by Crippen LogP contribution is -2.24. The van der Waals surface area contributed by atoms with E-state index in [0.29, 0.717) is 5.69 Å². The number of ether oxygens (including phenoxy) is 1. The molecule has 2 rings (SSSR count). The van der Waals surface area contributed by atoms with E-state index in [1.165, 1.54) is 12.3 Å². The smallest absolute Gasteiger partial charge is 0.261 e. The molecule has 2 aromatic rings. The number of anilines is 1. The molecule has 7 heteroatoms. The van der Waals surface area contributed by atoms with Gasteiger partial charge in [-0.05, 0) is 27.7 Å². The van der Waals surface area contributed by atoms with Gasteiger partial charge in [0.1, 0.15) is 11.2 Å². The Bertz CT molecular complexity index is 815. The molecule has 1 aromatic heterocycles. The molecule has 1 aromatic carbocycles. The third-order valence-corrected chi connectivity index (χ3v) is 2.97. The van der Waals surface area contributed by atoms with Crippen LogP contribution in [0, 0.1) is 18.6 Å². The average molecular weight is 336 g/mol. The summed E-state index contributed by atoms with van der Waals surface area (Å²) in [6, 6.07) is 3.13. The number of amides is 1. The van der Waals surface area contributed by atoms with Crippen molar-refractivity contribution in [3.05, 3.63) is 57.5 Å². The van der Waals surface area contributed by atoms with Crippen molar-refractivity contribution in [1.82, 2.24) is 4.98 Å². The molecule has 0 fully saturated rings. The van der Waals surface area contributed by atoms with Crippen molar-refractivity contribution in [2.75, 3.05) is 5.32 Å². The fourth-order valence-corrected chi connectivity index (χ4v) is 1.98. The van der Waals surface area contributed by atoms with Crippen LogP contribution in [-0.4, -0.2) is 16.5 Å². The number of rotatable bonds is 3. The summed E-state index contributed by atoms with van der Waals surface area (Å²) in [6.07, 6.45) is 1.25. The molecule has 0 unspecified atom stereocenters. The van der Waals surface area contributed by atoms with Gasteiger partial charge in [-0.2, -0.15) is 0 Å². The monoisotopic (exact) mass is 336 g/mol. The van der Waals surface area contributed by atoms with E-state index in [1.807, 2.05) is 0 Å². The highest BCUT2D eigenvalue weighted by atomic mass is 19.1. The maximum absolute atomic E-state index is 14.0. The maximum atomic E-state index is 14.0. The van der Waals surface area contributed by atoms with Crippen LogP contribution in [0.4, 0.5) is 14.5 Å². The van der Waals surface area contributed by atoms with E-state index < -0.39 is 34.3 Å². The Morgan fingerprint density at radius 2 is 1.75 bits per heavy atom. The predicted octanol–water partition coefficient (Wildman–Crippen LogP) is 3.39. The molecule has 0 spiro atoms. The number of carbonyl (C=O) groups is 1. The van der Waals surface area contributed by atoms with Crippen LogP contribution in [-0.2, 0) is 0 Å². The zero-order valence-corrected chi connectivity index (χ0v) is 13.8. The van der Waals surface area contributed by atoms with Crippen molar-refractivity contribution in [2.45, 2.75) is 33.3 Å². The van der Waals surface area contributed by atoms with E-state index in [-0.39, 0.29) is 11.3 Å². The van der Waals surface area contributed by atoms with Gasteiger partial charge in [-0.1, -0.05) is 0 Å². The molecule has 0 aliphatic carbocycles. The minimum absolute atomic E-state index is 0.115. The number of halogens is 2. The first-order valence-electron chi connectivity index (χ1n) is 7.25. The van der Waals surface area contributed by atoms with Crippen LogP contribution in [0.2, 0.25) is 0 Å². The van der Waals surface area contributed by atoms with Gasteiger partial charge in [-0.25, -0.2) is 8.78 Å². The zero-order chi connectivity index (χ0) is 18.1. The number of nitrogens with one attached hydrogen (secondary N) is 2. The topological polar surface area (TPSA) is 71.2 Å². The van der Waals surface area contributed by atoms with Gasteiger partial charge in [0.2, 0.25) is 0 Å². The quantitative estimate of drug-likeness (QED) is 0.902. The van der Waals surface area contributed by atoms with Crippen molar-refractivity contribution in [3.63, 3.8) is 0 Å². The summed E-state index contributed by atoms with van der Waals surface area (Å²) >= 11 is 0. The molecule has 0 aliphatic heterocycles. The molecule has 0 saturated carbocycles. The van der Waals surface area contributed by atoms with E-state index >= 15 is 0 Å². The van der Waals surface area contributed by atoms with Crippen LogP contribution in [0.1, 0.15) is 36.8 Å². The summed E-state index contributed by atoms with van der Waals surface area (Å²) in [5, 5.41) is 2.30. The molecular weight excluding hydrogens is 318 g/mol. The van der Waals surface area contributed by atoms with Crippen LogP contribution in [0.5, 0.6) is 5.75 Å². The molecule has 128 valence electrons. The summed E-state index contributed by atoms with van der Waals surface area (Å²) in [5.41, 5.74) is -0.941. The highest BCUT2D eigenvalue weighted by Gasteiger charge is 2.20. The molecule has 0 atom stereocenters. The zero-order valence-electron chi connectivity index (χ0n) is 13.8. The van der Waals surface area contributed by atoms with Crippen molar-refractivity contribution in [1.29, 1.82) is 0 Å². The van der Waals surface area contributed by atoms with E-state index in [4.69, 9.17) is 4.74 Å². The summed E-state index contributed by atoms with van der Waals surface area (Å²) in [7, 11) is 0. The Hall–Kier alpha value is -2.70. The first-order valence-corrected chi connectivity index (χ1v) is 7.25. The first kappa shape index (κ1) is 17.7. The Morgan fingerprint density at radius 3 is 2.25 bits per heavy atom. The summed E-state index contributed by atoms with van der Waals surface area (Å²) in [6.45, 7) is 6.64. The highest BCUT2D eigenvalue weighted by molar-refractivity contribution is 6.04. The van der Waals surface area contributed by atoms with Crippen LogP contribution in [0.25, 0.3) is 0 Å². The molecule has 1 amide bonds. The summed E-state index contributed by atoms with van der Waals surface area (Å²) < 4.78 is 33.3. The highest BCUT2D eigenvalue weighted by Crippen LogP contribution is 2.29. The number of pyridine rings is 1. The minimum Gasteiger partial charge on any atom is -0.482 e. The number of aromatic amines is 1. The van der Waals surface area contributed by atoms with Gasteiger partial charge < -0.3 is 15.0 Å². The van der Waals surface area contributed by atoms with Crippen molar-refractivity contribution in [2.24, 2.45) is 0 Å². The lowest BCUT2D eigenvalue weighted by molar-refractivity contribution is 0.102. The molecular formula is C17H18F2N2O3. The number of hydrogen-bond donors (Lipinski definition) is 2. The second-order valence-corrected chi connectivity index (χ2v) is 6.33. The second kappa shape index (κ2) is 6.43. The Labute approximate surface area is 137 Å². The number of aromatic nitrogens is 1. The average Bonchev–Trinajstić information content (AvgIpc) is 2.41. The second-order valence-electron chi connectivity index (χ2n) is 6.33. The molecule has 0 radical (unpaired) electrons. The van der Waals surface area contributed by atoms with Gasteiger partial charge >= 0.3 is 0 Å². The summed E-state index contributed by atoms with van der Waals surface area (Å²) in [5.74, 6) is -3.18. The Kier molecular flexibility index (Phi) is 4.73. The van der Waals surface area contributed by atoms with Crippen molar-refractivity contribution < 1.29 is 18.3 Å².